The molecule has 0 amide bonds. The summed E-state index contributed by atoms with van der Waals surface area (Å²) in [6.07, 6.45) is -5.46. The Morgan fingerprint density at radius 2 is 1.74 bits per heavy atom. The average molecular weight is 332 g/mol. The molecule has 3 atom stereocenters. The van der Waals surface area contributed by atoms with Crippen molar-refractivity contribution in [3.8, 4) is 5.75 Å². The Morgan fingerprint density at radius 3 is 2.13 bits per heavy atom. The third kappa shape index (κ3) is 3.68. The van der Waals surface area contributed by atoms with Crippen LogP contribution in [0.3, 0.4) is 0 Å². The van der Waals surface area contributed by atoms with Crippen molar-refractivity contribution in [2.24, 2.45) is 5.92 Å². The number of carbonyl (C=O) groups is 1. The van der Waals surface area contributed by atoms with Crippen molar-refractivity contribution >= 4 is 6.29 Å². The van der Waals surface area contributed by atoms with Crippen LogP contribution in [0.5, 0.6) is 5.75 Å². The number of carbonyl (C=O) groups excluding carboxylic acids is 1. The molecular weight excluding hydrogens is 309 g/mol. The fourth-order valence-corrected chi connectivity index (χ4v) is 2.55. The molecule has 0 aromatic heterocycles. The van der Waals surface area contributed by atoms with Gasteiger partial charge in [0, 0.05) is 5.92 Å². The smallest absolute Gasteiger partial charge is 0.424 e. The zero-order chi connectivity index (χ0) is 18.0. The average Bonchev–Trinajstić information content (AvgIpc) is 2.50. The van der Waals surface area contributed by atoms with Crippen LogP contribution in [-0.2, 0) is 4.79 Å². The number of rotatable bonds is 6. The fraction of sp³-hybridized carbons (Fsp3) is 0.588. The van der Waals surface area contributed by atoms with Crippen LogP contribution < -0.4 is 4.74 Å². The molecule has 0 aliphatic rings. The number of aldehydes is 1. The molecule has 1 N–H and O–H groups in total. The van der Waals surface area contributed by atoms with E-state index in [2.05, 4.69) is 0 Å². The summed E-state index contributed by atoms with van der Waals surface area (Å²) in [5.74, 6) is -1.40. The summed E-state index contributed by atoms with van der Waals surface area (Å²) in [4.78, 5) is 10.9. The van der Waals surface area contributed by atoms with Gasteiger partial charge in [0.05, 0.1) is 7.11 Å². The fourth-order valence-electron chi connectivity index (χ4n) is 2.55. The molecule has 6 heteroatoms. The largest absolute Gasteiger partial charge is 0.496 e. The van der Waals surface area contributed by atoms with E-state index < -0.39 is 29.9 Å². The first-order chi connectivity index (χ1) is 10.5. The summed E-state index contributed by atoms with van der Waals surface area (Å²) in [5.41, 5.74) is -1.88. The molecule has 0 aliphatic heterocycles. The number of hydrogen-bond donors (Lipinski definition) is 1. The summed E-state index contributed by atoms with van der Waals surface area (Å²) in [5, 5.41) is 9.83. The first-order valence-electron chi connectivity index (χ1n) is 7.42. The van der Waals surface area contributed by atoms with Gasteiger partial charge in [-0.05, 0) is 29.0 Å². The van der Waals surface area contributed by atoms with Gasteiger partial charge in [-0.25, -0.2) is 0 Å². The molecule has 1 aromatic rings. The summed E-state index contributed by atoms with van der Waals surface area (Å²) in [6.45, 7) is 6.74. The molecule has 0 saturated carbocycles. The van der Waals surface area contributed by atoms with Crippen LogP contribution in [0.2, 0.25) is 0 Å². The third-order valence-corrected chi connectivity index (χ3v) is 4.49. The Bertz CT molecular complexity index is 555. The Labute approximate surface area is 134 Å². The zero-order valence-corrected chi connectivity index (χ0v) is 13.9. The molecule has 0 saturated heterocycles. The Morgan fingerprint density at radius 1 is 1.17 bits per heavy atom. The van der Waals surface area contributed by atoms with Crippen molar-refractivity contribution in [2.75, 3.05) is 7.11 Å². The highest BCUT2D eigenvalue weighted by atomic mass is 19.4. The number of aliphatic hydroxyl groups is 1. The maximum absolute atomic E-state index is 13.1. The highest BCUT2D eigenvalue weighted by Gasteiger charge is 2.58. The van der Waals surface area contributed by atoms with E-state index in [4.69, 9.17) is 4.74 Å². The molecule has 3 unspecified atom stereocenters. The summed E-state index contributed by atoms with van der Waals surface area (Å²) in [7, 11) is 1.44. The van der Waals surface area contributed by atoms with Gasteiger partial charge in [-0.15, -0.1) is 0 Å². The van der Waals surface area contributed by atoms with Gasteiger partial charge in [-0.3, -0.25) is 4.79 Å². The summed E-state index contributed by atoms with van der Waals surface area (Å²) < 4.78 is 44.5. The van der Waals surface area contributed by atoms with Crippen LogP contribution in [0.4, 0.5) is 13.2 Å². The maximum atomic E-state index is 13.1. The van der Waals surface area contributed by atoms with E-state index in [1.54, 1.807) is 12.1 Å². The molecule has 0 aliphatic carbocycles. The molecular formula is C17H23F3O3. The van der Waals surface area contributed by atoms with Crippen molar-refractivity contribution < 1.29 is 27.8 Å². The van der Waals surface area contributed by atoms with Crippen LogP contribution in [-0.4, -0.2) is 30.3 Å². The normalized spacial score (nSPS) is 17.5. The van der Waals surface area contributed by atoms with Gasteiger partial charge in [-0.2, -0.15) is 13.2 Å². The van der Waals surface area contributed by atoms with Crippen molar-refractivity contribution in [1.29, 1.82) is 0 Å². The molecule has 23 heavy (non-hydrogen) atoms. The van der Waals surface area contributed by atoms with E-state index in [9.17, 15) is 23.1 Å². The van der Waals surface area contributed by atoms with Gasteiger partial charge in [0.1, 0.15) is 5.75 Å². The number of methoxy groups -OCH3 is 1. The second kappa shape index (κ2) is 6.91. The van der Waals surface area contributed by atoms with Crippen molar-refractivity contribution in [1.82, 2.24) is 0 Å². The first-order valence-corrected chi connectivity index (χ1v) is 7.42. The van der Waals surface area contributed by atoms with E-state index in [1.165, 1.54) is 21.0 Å². The van der Waals surface area contributed by atoms with Gasteiger partial charge in [0.25, 0.3) is 0 Å². The van der Waals surface area contributed by atoms with Crippen molar-refractivity contribution in [2.45, 2.75) is 51.3 Å². The Kier molecular flexibility index (Phi) is 5.85. The van der Waals surface area contributed by atoms with Crippen LogP contribution >= 0.6 is 0 Å². The summed E-state index contributed by atoms with van der Waals surface area (Å²) in [6, 6.07) is 5.28. The lowest BCUT2D eigenvalue weighted by Crippen LogP contribution is -2.53. The molecule has 130 valence electrons. The minimum atomic E-state index is -5.03. The van der Waals surface area contributed by atoms with E-state index in [0.717, 1.165) is 5.56 Å². The number of alkyl halides is 3. The molecule has 0 bridgehead atoms. The Hall–Kier alpha value is -1.56. The van der Waals surface area contributed by atoms with Crippen LogP contribution in [0.15, 0.2) is 18.2 Å². The quantitative estimate of drug-likeness (QED) is 0.800. The highest BCUT2D eigenvalue weighted by Crippen LogP contribution is 2.43. The molecule has 0 fully saturated rings. The van der Waals surface area contributed by atoms with Crippen LogP contribution in [0.1, 0.15) is 50.7 Å². The lowest BCUT2D eigenvalue weighted by molar-refractivity contribution is -0.261. The lowest BCUT2D eigenvalue weighted by atomic mass is 9.76. The van der Waals surface area contributed by atoms with Crippen LogP contribution in [0.25, 0.3) is 0 Å². The van der Waals surface area contributed by atoms with Gasteiger partial charge >= 0.3 is 6.18 Å². The van der Waals surface area contributed by atoms with Crippen molar-refractivity contribution in [3.05, 3.63) is 29.3 Å². The first kappa shape index (κ1) is 19.5. The number of hydrogen-bond acceptors (Lipinski definition) is 3. The topological polar surface area (TPSA) is 46.5 Å². The molecule has 0 spiro atoms. The van der Waals surface area contributed by atoms with E-state index in [-0.39, 0.29) is 5.92 Å². The Balaban J connectivity index is 3.28. The minimum absolute atomic E-state index is 0.243. The predicted molar refractivity (Wildman–Crippen MR) is 81.7 cm³/mol. The predicted octanol–water partition coefficient (Wildman–Crippen LogP) is 4.05. The zero-order valence-electron chi connectivity index (χ0n) is 13.9. The van der Waals surface area contributed by atoms with Gasteiger partial charge in [0.15, 0.2) is 6.29 Å². The monoisotopic (exact) mass is 332 g/mol. The highest BCUT2D eigenvalue weighted by molar-refractivity contribution is 5.64. The SMILES string of the molecule is COc1cc(C(C)C)ccc1C(C)C(C)C(O)(C=O)C(F)(F)F. The molecule has 0 radical (unpaired) electrons. The second-order valence-electron chi connectivity index (χ2n) is 6.17. The van der Waals surface area contributed by atoms with Gasteiger partial charge in [-0.1, -0.05) is 39.8 Å². The number of ether oxygens (including phenoxy) is 1. The molecule has 0 heterocycles. The minimum Gasteiger partial charge on any atom is -0.496 e. The maximum Gasteiger partial charge on any atom is 0.424 e. The number of benzene rings is 1. The molecule has 1 rings (SSSR count). The lowest BCUT2D eigenvalue weighted by Gasteiger charge is -2.35. The number of halogens is 3. The standard InChI is InChI=1S/C17H23F3O3/c1-10(2)13-6-7-14(15(8-13)23-5)11(3)12(4)16(22,9-21)17(18,19)20/h6-12,22H,1-5H3. The second-order valence-corrected chi connectivity index (χ2v) is 6.17. The third-order valence-electron chi connectivity index (χ3n) is 4.49. The van der Waals surface area contributed by atoms with E-state index in [0.29, 0.717) is 11.3 Å². The van der Waals surface area contributed by atoms with E-state index >= 15 is 0 Å². The van der Waals surface area contributed by atoms with Gasteiger partial charge in [0.2, 0.25) is 5.60 Å². The van der Waals surface area contributed by atoms with Crippen LogP contribution in [0, 0.1) is 5.92 Å². The molecule has 1 aromatic carbocycles. The van der Waals surface area contributed by atoms with Crippen molar-refractivity contribution in [3.63, 3.8) is 0 Å². The summed E-state index contributed by atoms with van der Waals surface area (Å²) >= 11 is 0. The van der Waals surface area contributed by atoms with E-state index in [1.807, 2.05) is 19.9 Å². The van der Waals surface area contributed by atoms with Gasteiger partial charge < -0.3 is 9.84 Å². The molecule has 3 nitrogen and oxygen atoms in total.